The van der Waals surface area contributed by atoms with Crippen molar-refractivity contribution >= 4 is 22.2 Å². The molecule has 1 aliphatic rings. The minimum atomic E-state index is -0.327. The first kappa shape index (κ1) is 20.7. The van der Waals surface area contributed by atoms with Gasteiger partial charge in [-0.3, -0.25) is 4.98 Å². The van der Waals surface area contributed by atoms with Gasteiger partial charge >= 0.3 is 5.63 Å². The highest BCUT2D eigenvalue weighted by atomic mass is 16.4. The third kappa shape index (κ3) is 4.06. The Morgan fingerprint density at radius 2 is 2.00 bits per heavy atom. The number of aryl methyl sites for hydroxylation is 1. The molecule has 4 heterocycles. The Hall–Kier alpha value is -3.52. The lowest BCUT2D eigenvalue weighted by Gasteiger charge is -2.18. The summed E-state index contributed by atoms with van der Waals surface area (Å²) in [5.74, 6) is 6.68. The minimum absolute atomic E-state index is 0.327. The van der Waals surface area contributed by atoms with E-state index in [1.165, 1.54) is 0 Å². The zero-order valence-electron chi connectivity index (χ0n) is 18.5. The van der Waals surface area contributed by atoms with Crippen molar-refractivity contribution in [3.63, 3.8) is 0 Å². The van der Waals surface area contributed by atoms with Gasteiger partial charge in [0.2, 0.25) is 0 Å². The lowest BCUT2D eigenvalue weighted by atomic mass is 10.1. The second kappa shape index (κ2) is 8.69. The van der Waals surface area contributed by atoms with Crippen LogP contribution in [0.2, 0.25) is 0 Å². The monoisotopic (exact) mass is 413 g/mol. The van der Waals surface area contributed by atoms with Crippen molar-refractivity contribution in [1.82, 2.24) is 9.38 Å². The predicted molar refractivity (Wildman–Crippen MR) is 127 cm³/mol. The maximum absolute atomic E-state index is 12.7. The maximum atomic E-state index is 12.7. The Bertz CT molecular complexity index is 1350. The lowest BCUT2D eigenvalue weighted by molar-refractivity contribution is 0.563. The van der Waals surface area contributed by atoms with Crippen molar-refractivity contribution in [3.05, 3.63) is 65.0 Å². The first-order valence-electron chi connectivity index (χ1n) is 10.8. The number of anilines is 1. The molecule has 1 atom stereocenters. The van der Waals surface area contributed by atoms with Crippen molar-refractivity contribution in [3.8, 4) is 23.0 Å². The molecule has 5 rings (SSSR count). The van der Waals surface area contributed by atoms with Crippen LogP contribution in [0.5, 0.6) is 0 Å². The van der Waals surface area contributed by atoms with E-state index in [9.17, 15) is 4.79 Å². The molecule has 0 radical (unpaired) electrons. The van der Waals surface area contributed by atoms with Gasteiger partial charge in [-0.05, 0) is 44.5 Å². The molecule has 0 bridgehead atoms. The van der Waals surface area contributed by atoms with Crippen molar-refractivity contribution in [1.29, 1.82) is 0 Å². The molecule has 1 fully saturated rings. The molecule has 5 nitrogen and oxygen atoms in total. The SMILES string of the molecule is CC.CC#C[C@@H]1CCN(c2ccc3cc(-c4cc5cnc(C)cn5c4)c(=O)oc3c2)C1. The summed E-state index contributed by atoms with van der Waals surface area (Å²) in [5, 5.41) is 0.914. The average molecular weight is 414 g/mol. The fourth-order valence-corrected chi connectivity index (χ4v) is 4.08. The van der Waals surface area contributed by atoms with Crippen LogP contribution in [0.4, 0.5) is 5.69 Å². The Balaban J connectivity index is 0.00000112. The number of hydrogen-bond acceptors (Lipinski definition) is 4. The number of aromatic nitrogens is 2. The Labute approximate surface area is 182 Å². The molecule has 5 heteroatoms. The van der Waals surface area contributed by atoms with Gasteiger partial charge in [-0.25, -0.2) is 4.79 Å². The van der Waals surface area contributed by atoms with Crippen molar-refractivity contribution in [2.75, 3.05) is 18.0 Å². The van der Waals surface area contributed by atoms with Gasteiger partial charge in [0.15, 0.2) is 0 Å². The zero-order chi connectivity index (χ0) is 22.0. The second-order valence-corrected chi connectivity index (χ2v) is 7.59. The molecule has 1 saturated heterocycles. The fourth-order valence-electron chi connectivity index (χ4n) is 4.08. The van der Waals surface area contributed by atoms with Gasteiger partial charge in [-0.1, -0.05) is 19.8 Å². The standard InChI is InChI=1S/C24H21N3O2.C2H6/c1-3-4-17-7-8-26(14-17)20-6-5-18-10-22(24(28)29-23(18)11-20)19-9-21-12-25-16(2)13-27(21)15-19;1-2/h5-6,9-13,15,17H,7-8,14H2,1-2H3;1-2H3/t17-;/m1./s1. The highest BCUT2D eigenvalue weighted by Crippen LogP contribution is 2.29. The fraction of sp³-hybridized carbons (Fsp3) is 0.308. The molecular weight excluding hydrogens is 386 g/mol. The van der Waals surface area contributed by atoms with Crippen LogP contribution < -0.4 is 10.5 Å². The largest absolute Gasteiger partial charge is 0.422 e. The summed E-state index contributed by atoms with van der Waals surface area (Å²) in [4.78, 5) is 19.3. The van der Waals surface area contributed by atoms with Crippen LogP contribution in [-0.2, 0) is 0 Å². The van der Waals surface area contributed by atoms with Crippen LogP contribution >= 0.6 is 0 Å². The summed E-state index contributed by atoms with van der Waals surface area (Å²) in [6.07, 6.45) is 6.76. The molecule has 0 N–H and O–H groups in total. The van der Waals surface area contributed by atoms with E-state index in [4.69, 9.17) is 4.42 Å². The van der Waals surface area contributed by atoms with Crippen molar-refractivity contribution in [2.45, 2.75) is 34.1 Å². The summed E-state index contributed by atoms with van der Waals surface area (Å²) in [6.45, 7) is 9.71. The summed E-state index contributed by atoms with van der Waals surface area (Å²) < 4.78 is 7.69. The van der Waals surface area contributed by atoms with E-state index < -0.39 is 0 Å². The van der Waals surface area contributed by atoms with Crippen molar-refractivity contribution < 1.29 is 4.42 Å². The average Bonchev–Trinajstić information content (AvgIpc) is 3.41. The Morgan fingerprint density at radius 3 is 2.81 bits per heavy atom. The summed E-state index contributed by atoms with van der Waals surface area (Å²) in [6, 6.07) is 9.95. The molecule has 0 saturated carbocycles. The first-order chi connectivity index (χ1) is 15.1. The van der Waals surface area contributed by atoms with Crippen LogP contribution in [0.1, 0.15) is 32.9 Å². The van der Waals surface area contributed by atoms with Gasteiger partial charge in [0.25, 0.3) is 0 Å². The van der Waals surface area contributed by atoms with E-state index in [0.29, 0.717) is 17.1 Å². The number of benzene rings is 1. The van der Waals surface area contributed by atoms with Gasteiger partial charge in [0.1, 0.15) is 5.58 Å². The molecule has 158 valence electrons. The molecule has 3 aromatic heterocycles. The summed E-state index contributed by atoms with van der Waals surface area (Å²) in [5.41, 5.74) is 4.62. The lowest BCUT2D eigenvalue weighted by Crippen LogP contribution is -2.19. The third-order valence-electron chi connectivity index (χ3n) is 5.54. The quantitative estimate of drug-likeness (QED) is 0.331. The molecule has 0 amide bonds. The van der Waals surface area contributed by atoms with Crippen molar-refractivity contribution in [2.24, 2.45) is 5.92 Å². The molecule has 31 heavy (non-hydrogen) atoms. The second-order valence-electron chi connectivity index (χ2n) is 7.59. The van der Waals surface area contributed by atoms with Crippen LogP contribution in [0.25, 0.3) is 27.6 Å². The number of rotatable bonds is 2. The van der Waals surface area contributed by atoms with Gasteiger partial charge in [-0.2, -0.15) is 0 Å². The topological polar surface area (TPSA) is 50.8 Å². The van der Waals surface area contributed by atoms with E-state index in [0.717, 1.165) is 47.4 Å². The number of fused-ring (bicyclic) bond motifs is 2. The predicted octanol–water partition coefficient (Wildman–Crippen LogP) is 5.29. The molecular formula is C26H27N3O2. The van der Waals surface area contributed by atoms with Crippen LogP contribution in [-0.4, -0.2) is 22.5 Å². The van der Waals surface area contributed by atoms with E-state index >= 15 is 0 Å². The molecule has 1 aromatic carbocycles. The molecule has 0 aliphatic carbocycles. The van der Waals surface area contributed by atoms with E-state index in [1.54, 1.807) is 6.20 Å². The zero-order valence-corrected chi connectivity index (χ0v) is 18.5. The third-order valence-corrected chi connectivity index (χ3v) is 5.54. The summed E-state index contributed by atoms with van der Waals surface area (Å²) >= 11 is 0. The first-order valence-corrected chi connectivity index (χ1v) is 10.8. The van der Waals surface area contributed by atoms with Gasteiger partial charge in [0, 0.05) is 54.1 Å². The van der Waals surface area contributed by atoms with Crippen LogP contribution in [0, 0.1) is 24.7 Å². The molecule has 0 spiro atoms. The number of nitrogens with zero attached hydrogens (tertiary/aromatic N) is 3. The van der Waals surface area contributed by atoms with E-state index in [2.05, 4.69) is 27.8 Å². The van der Waals surface area contributed by atoms with E-state index in [1.807, 2.05) is 68.8 Å². The molecule has 0 unspecified atom stereocenters. The molecule has 1 aliphatic heterocycles. The maximum Gasteiger partial charge on any atom is 0.344 e. The van der Waals surface area contributed by atoms with Gasteiger partial charge < -0.3 is 13.7 Å². The molecule has 4 aromatic rings. The Kier molecular flexibility index (Phi) is 5.81. The smallest absolute Gasteiger partial charge is 0.344 e. The highest BCUT2D eigenvalue weighted by Gasteiger charge is 2.21. The normalized spacial score (nSPS) is 15.5. The van der Waals surface area contributed by atoms with Crippen LogP contribution in [0.3, 0.4) is 0 Å². The van der Waals surface area contributed by atoms with Gasteiger partial charge in [-0.15, -0.1) is 5.92 Å². The van der Waals surface area contributed by atoms with Gasteiger partial charge in [0.05, 0.1) is 23.0 Å². The van der Waals surface area contributed by atoms with E-state index in [-0.39, 0.29) is 5.63 Å². The summed E-state index contributed by atoms with van der Waals surface area (Å²) in [7, 11) is 0. The van der Waals surface area contributed by atoms with Crippen LogP contribution in [0.15, 0.2) is 58.1 Å². The Morgan fingerprint density at radius 1 is 1.16 bits per heavy atom. The minimum Gasteiger partial charge on any atom is -0.422 e. The number of hydrogen-bond donors (Lipinski definition) is 0. The highest BCUT2D eigenvalue weighted by molar-refractivity contribution is 5.85.